The third-order valence-electron chi connectivity index (χ3n) is 3.60. The first-order valence-electron chi connectivity index (χ1n) is 7.31. The molecular weight excluding hydrogens is 268 g/mol. The number of ether oxygens (including phenoxy) is 2. The summed E-state index contributed by atoms with van der Waals surface area (Å²) in [5.74, 6) is -0.958. The lowest BCUT2D eigenvalue weighted by Crippen LogP contribution is -2.50. The maximum Gasteiger partial charge on any atom is 0.333 e. The summed E-state index contributed by atoms with van der Waals surface area (Å²) in [6.07, 6.45) is 0.896. The highest BCUT2D eigenvalue weighted by atomic mass is 16.6. The zero-order valence-electron chi connectivity index (χ0n) is 14.1. The van der Waals surface area contributed by atoms with Crippen LogP contribution in [0.25, 0.3) is 0 Å². The molecule has 0 radical (unpaired) electrons. The van der Waals surface area contributed by atoms with Crippen LogP contribution in [0, 0.1) is 5.92 Å². The van der Waals surface area contributed by atoms with Crippen molar-refractivity contribution in [2.75, 3.05) is 0 Å². The van der Waals surface area contributed by atoms with Crippen molar-refractivity contribution in [2.45, 2.75) is 66.1 Å². The van der Waals surface area contributed by atoms with Crippen LogP contribution in [0.3, 0.4) is 0 Å². The molecule has 4 nitrogen and oxygen atoms in total. The zero-order valence-corrected chi connectivity index (χ0v) is 14.1. The van der Waals surface area contributed by atoms with Gasteiger partial charge in [0.15, 0.2) is 0 Å². The largest absolute Gasteiger partial charge is 0.455 e. The van der Waals surface area contributed by atoms with Gasteiger partial charge in [0.2, 0.25) is 0 Å². The van der Waals surface area contributed by atoms with E-state index in [1.165, 1.54) is 0 Å². The monoisotopic (exact) mass is 296 g/mol. The maximum atomic E-state index is 11.9. The Morgan fingerprint density at radius 3 is 1.90 bits per heavy atom. The van der Waals surface area contributed by atoms with Gasteiger partial charge in [0, 0.05) is 11.1 Å². The fourth-order valence-electron chi connectivity index (χ4n) is 1.80. The number of hydrogen-bond donors (Lipinski definition) is 0. The number of hydrogen-bond acceptors (Lipinski definition) is 4. The normalized spacial score (nSPS) is 15.0. The van der Waals surface area contributed by atoms with E-state index in [0.29, 0.717) is 17.6 Å². The fraction of sp³-hybridized carbons (Fsp3) is 0.647. The van der Waals surface area contributed by atoms with E-state index in [-0.39, 0.29) is 5.92 Å². The van der Waals surface area contributed by atoms with Crippen molar-refractivity contribution < 1.29 is 19.1 Å². The summed E-state index contributed by atoms with van der Waals surface area (Å²) in [7, 11) is 0. The number of carbonyl (C=O) groups excluding carboxylic acids is 2. The summed E-state index contributed by atoms with van der Waals surface area (Å²) >= 11 is 0. The minimum absolute atomic E-state index is 0.0183. The third-order valence-corrected chi connectivity index (χ3v) is 3.60. The molecule has 4 heteroatoms. The van der Waals surface area contributed by atoms with Gasteiger partial charge in [0.1, 0.15) is 11.7 Å². The standard InChI is InChI=1S/C17H28O4/c1-9-10-14(20-15(18)11(2)3)17(8,13(6)7)21-16(19)12(4)5/h13-14H,2,4,9-10H2,1,3,5-8H3. The van der Waals surface area contributed by atoms with Crippen molar-refractivity contribution in [1.29, 1.82) is 0 Å². The lowest BCUT2D eigenvalue weighted by atomic mass is 9.84. The molecule has 0 aromatic carbocycles. The van der Waals surface area contributed by atoms with Crippen molar-refractivity contribution in [1.82, 2.24) is 0 Å². The van der Waals surface area contributed by atoms with E-state index in [1.807, 2.05) is 20.8 Å². The minimum Gasteiger partial charge on any atom is -0.455 e. The predicted molar refractivity (Wildman–Crippen MR) is 83.8 cm³/mol. The first-order chi connectivity index (χ1) is 9.56. The molecule has 0 amide bonds. The number of carbonyl (C=O) groups is 2. The molecule has 21 heavy (non-hydrogen) atoms. The second-order valence-corrected chi connectivity index (χ2v) is 5.97. The van der Waals surface area contributed by atoms with Crippen LogP contribution in [0.4, 0.5) is 0 Å². The number of rotatable bonds is 8. The van der Waals surface area contributed by atoms with Gasteiger partial charge < -0.3 is 9.47 Å². The van der Waals surface area contributed by atoms with Crippen LogP contribution in [0.15, 0.2) is 24.3 Å². The van der Waals surface area contributed by atoms with Gasteiger partial charge in [-0.3, -0.25) is 0 Å². The first kappa shape index (κ1) is 19.4. The Morgan fingerprint density at radius 1 is 1.10 bits per heavy atom. The van der Waals surface area contributed by atoms with Crippen LogP contribution in [-0.2, 0) is 19.1 Å². The van der Waals surface area contributed by atoms with Crippen molar-refractivity contribution >= 4 is 11.9 Å². The molecule has 0 saturated carbocycles. The van der Waals surface area contributed by atoms with E-state index in [1.54, 1.807) is 20.8 Å². The minimum atomic E-state index is -0.906. The van der Waals surface area contributed by atoms with Gasteiger partial charge in [-0.25, -0.2) is 9.59 Å². The zero-order chi connectivity index (χ0) is 16.8. The number of esters is 2. The highest BCUT2D eigenvalue weighted by molar-refractivity contribution is 5.88. The molecule has 0 bridgehead atoms. The van der Waals surface area contributed by atoms with Gasteiger partial charge in [0.25, 0.3) is 0 Å². The van der Waals surface area contributed by atoms with Gasteiger partial charge >= 0.3 is 11.9 Å². The van der Waals surface area contributed by atoms with E-state index >= 15 is 0 Å². The summed E-state index contributed by atoms with van der Waals surface area (Å²) in [4.78, 5) is 23.7. The summed E-state index contributed by atoms with van der Waals surface area (Å²) in [5.41, 5.74) is -0.256. The maximum absolute atomic E-state index is 11.9. The summed E-state index contributed by atoms with van der Waals surface area (Å²) < 4.78 is 11.1. The highest BCUT2D eigenvalue weighted by Gasteiger charge is 2.43. The molecule has 0 rings (SSSR count). The molecule has 0 aliphatic rings. The second kappa shape index (κ2) is 8.01. The van der Waals surface area contributed by atoms with Crippen molar-refractivity contribution in [3.63, 3.8) is 0 Å². The Labute approximate surface area is 128 Å². The van der Waals surface area contributed by atoms with E-state index in [2.05, 4.69) is 13.2 Å². The lowest BCUT2D eigenvalue weighted by Gasteiger charge is -2.39. The van der Waals surface area contributed by atoms with E-state index in [9.17, 15) is 9.59 Å². The molecule has 0 N–H and O–H groups in total. The van der Waals surface area contributed by atoms with E-state index in [0.717, 1.165) is 6.42 Å². The van der Waals surface area contributed by atoms with Gasteiger partial charge in [-0.2, -0.15) is 0 Å². The molecule has 0 aromatic heterocycles. The molecule has 0 saturated heterocycles. The Hall–Kier alpha value is -1.58. The van der Waals surface area contributed by atoms with Crippen molar-refractivity contribution in [3.05, 3.63) is 24.3 Å². The third kappa shape index (κ3) is 5.37. The molecule has 2 atom stereocenters. The molecule has 0 aliphatic heterocycles. The summed E-state index contributed by atoms with van der Waals surface area (Å²) in [6, 6.07) is 0. The SMILES string of the molecule is C=C(C)C(=O)OC(CCC)C(C)(OC(=O)C(=C)C)C(C)C. The topological polar surface area (TPSA) is 52.6 Å². The molecular formula is C17H28O4. The van der Waals surface area contributed by atoms with E-state index in [4.69, 9.17) is 9.47 Å². The fourth-order valence-corrected chi connectivity index (χ4v) is 1.80. The van der Waals surface area contributed by atoms with Crippen LogP contribution in [-0.4, -0.2) is 23.6 Å². The Balaban J connectivity index is 5.40. The van der Waals surface area contributed by atoms with Gasteiger partial charge in [-0.1, -0.05) is 40.3 Å². The van der Waals surface area contributed by atoms with Crippen molar-refractivity contribution in [3.8, 4) is 0 Å². The Kier molecular flexibility index (Phi) is 7.41. The molecule has 0 spiro atoms. The van der Waals surface area contributed by atoms with Gasteiger partial charge in [-0.15, -0.1) is 0 Å². The quantitative estimate of drug-likeness (QED) is 0.505. The molecule has 120 valence electrons. The van der Waals surface area contributed by atoms with Crippen LogP contribution < -0.4 is 0 Å². The average Bonchev–Trinajstić information content (AvgIpc) is 2.37. The van der Waals surface area contributed by atoms with Gasteiger partial charge in [0.05, 0.1) is 0 Å². The Bertz CT molecular complexity index is 423. The first-order valence-corrected chi connectivity index (χ1v) is 7.31. The van der Waals surface area contributed by atoms with Crippen LogP contribution >= 0.6 is 0 Å². The summed E-state index contributed by atoms with van der Waals surface area (Å²) in [5, 5.41) is 0. The average molecular weight is 296 g/mol. The molecule has 0 aromatic rings. The van der Waals surface area contributed by atoms with E-state index < -0.39 is 23.6 Å². The summed E-state index contributed by atoms with van der Waals surface area (Å²) in [6.45, 7) is 18.0. The predicted octanol–water partition coefficient (Wildman–Crippen LogP) is 3.81. The van der Waals surface area contributed by atoms with Crippen molar-refractivity contribution in [2.24, 2.45) is 5.92 Å². The van der Waals surface area contributed by atoms with Crippen LogP contribution in [0.2, 0.25) is 0 Å². The molecule has 0 heterocycles. The smallest absolute Gasteiger partial charge is 0.333 e. The highest BCUT2D eigenvalue weighted by Crippen LogP contribution is 2.32. The Morgan fingerprint density at radius 2 is 1.57 bits per heavy atom. The molecule has 0 fully saturated rings. The lowest BCUT2D eigenvalue weighted by molar-refractivity contribution is -0.187. The molecule has 0 aliphatic carbocycles. The second-order valence-electron chi connectivity index (χ2n) is 5.97. The molecule has 2 unspecified atom stereocenters. The van der Waals surface area contributed by atoms with Gasteiger partial charge in [-0.05, 0) is 33.1 Å². The van der Waals surface area contributed by atoms with Crippen LogP contribution in [0.5, 0.6) is 0 Å². The van der Waals surface area contributed by atoms with Crippen LogP contribution in [0.1, 0.15) is 54.4 Å².